The topological polar surface area (TPSA) is 48.9 Å². The van der Waals surface area contributed by atoms with Crippen LogP contribution in [0.3, 0.4) is 0 Å². The third kappa shape index (κ3) is 1.77. The maximum atomic E-state index is 12.3. The summed E-state index contributed by atoms with van der Waals surface area (Å²) >= 11 is 6.07. The van der Waals surface area contributed by atoms with E-state index in [1.54, 1.807) is 24.3 Å². The van der Waals surface area contributed by atoms with Gasteiger partial charge in [-0.3, -0.25) is 0 Å². The summed E-state index contributed by atoms with van der Waals surface area (Å²) in [5.74, 6) is 0. The lowest BCUT2D eigenvalue weighted by molar-refractivity contribution is 0.463. The van der Waals surface area contributed by atoms with Crippen LogP contribution in [0.25, 0.3) is 5.69 Å². The van der Waals surface area contributed by atoms with Crippen molar-refractivity contribution in [3.05, 3.63) is 61.9 Å². The Hall–Kier alpha value is -2.01. The summed E-state index contributed by atoms with van der Waals surface area (Å²) in [6, 6.07) is 8.89. The number of allylic oxidation sites excluding steroid dienone is 2. The smallest absolute Gasteiger partial charge is 0.245 e. The molecule has 0 N–H and O–H groups in total. The number of benzene rings is 1. The van der Waals surface area contributed by atoms with Gasteiger partial charge in [-0.2, -0.15) is 0 Å². The van der Waals surface area contributed by atoms with Gasteiger partial charge >= 0.3 is 11.4 Å². The van der Waals surface area contributed by atoms with E-state index < -0.39 is 0 Å². The van der Waals surface area contributed by atoms with E-state index in [1.807, 2.05) is 13.0 Å². The van der Waals surface area contributed by atoms with Gasteiger partial charge in [-0.25, -0.2) is 23.5 Å². The van der Waals surface area contributed by atoms with Gasteiger partial charge in [0, 0.05) is 5.03 Å². The molecule has 3 rings (SSSR count). The number of hydrogen-bond acceptors (Lipinski definition) is 2. The first-order valence-corrected chi connectivity index (χ1v) is 6.29. The Morgan fingerprint density at radius 1 is 1.00 bits per heavy atom. The lowest BCUT2D eigenvalue weighted by Gasteiger charge is -2.16. The second-order valence-electron chi connectivity index (χ2n) is 4.54. The highest BCUT2D eigenvalue weighted by Crippen LogP contribution is 2.16. The van der Waals surface area contributed by atoms with Crippen LogP contribution in [0, 0.1) is 0 Å². The maximum absolute atomic E-state index is 12.3. The summed E-state index contributed by atoms with van der Waals surface area (Å²) in [6.07, 6.45) is 0. The molecule has 0 spiro atoms. The number of fused-ring (bicyclic) bond motifs is 1. The standard InChI is InChI=1S/C13H12ClN3O2/c1-9-7-15-12(18)17(10-5-3-2-4-6-10)13(19)16(15)8-11(9)14/h2-6H,7-8H2,1H3. The molecule has 0 saturated carbocycles. The van der Waals surface area contributed by atoms with Crippen molar-refractivity contribution in [3.63, 3.8) is 0 Å². The predicted octanol–water partition coefficient (Wildman–Crippen LogP) is 1.33. The molecular weight excluding hydrogens is 266 g/mol. The Labute approximate surface area is 113 Å². The Morgan fingerprint density at radius 3 is 2.21 bits per heavy atom. The first-order chi connectivity index (χ1) is 9.09. The lowest BCUT2D eigenvalue weighted by Crippen LogP contribution is -2.31. The van der Waals surface area contributed by atoms with Crippen LogP contribution in [0.1, 0.15) is 6.92 Å². The van der Waals surface area contributed by atoms with Crippen LogP contribution in [-0.2, 0) is 13.1 Å². The predicted molar refractivity (Wildman–Crippen MR) is 72.8 cm³/mol. The first kappa shape index (κ1) is 12.0. The Bertz CT molecular complexity index is 735. The minimum absolute atomic E-state index is 0.251. The molecule has 6 heteroatoms. The van der Waals surface area contributed by atoms with Crippen molar-refractivity contribution in [2.45, 2.75) is 20.0 Å². The van der Waals surface area contributed by atoms with Gasteiger partial charge in [-0.1, -0.05) is 29.8 Å². The first-order valence-electron chi connectivity index (χ1n) is 5.92. The van der Waals surface area contributed by atoms with E-state index in [0.29, 0.717) is 17.3 Å². The minimum atomic E-state index is -0.359. The third-order valence-corrected chi connectivity index (χ3v) is 3.71. The fourth-order valence-electron chi connectivity index (χ4n) is 2.20. The van der Waals surface area contributed by atoms with Gasteiger partial charge < -0.3 is 0 Å². The van der Waals surface area contributed by atoms with Gasteiger partial charge in [0.05, 0.1) is 18.8 Å². The minimum Gasteiger partial charge on any atom is -0.245 e. The Morgan fingerprint density at radius 2 is 1.58 bits per heavy atom. The van der Waals surface area contributed by atoms with Crippen LogP contribution in [-0.4, -0.2) is 13.9 Å². The number of rotatable bonds is 1. The Balaban J connectivity index is 2.25. The van der Waals surface area contributed by atoms with Crippen molar-refractivity contribution >= 4 is 11.6 Å². The summed E-state index contributed by atoms with van der Waals surface area (Å²) < 4.78 is 3.98. The summed E-state index contributed by atoms with van der Waals surface area (Å²) in [5, 5.41) is 0.618. The molecule has 1 aromatic carbocycles. The van der Waals surface area contributed by atoms with Gasteiger partial charge in [0.2, 0.25) is 0 Å². The molecule has 0 saturated heterocycles. The zero-order valence-corrected chi connectivity index (χ0v) is 11.1. The zero-order chi connectivity index (χ0) is 13.6. The van der Waals surface area contributed by atoms with E-state index in [4.69, 9.17) is 11.6 Å². The van der Waals surface area contributed by atoms with Crippen molar-refractivity contribution in [2.75, 3.05) is 0 Å². The highest BCUT2D eigenvalue weighted by Gasteiger charge is 2.21. The van der Waals surface area contributed by atoms with Crippen molar-refractivity contribution in [2.24, 2.45) is 0 Å². The highest BCUT2D eigenvalue weighted by atomic mass is 35.5. The molecule has 0 atom stereocenters. The van der Waals surface area contributed by atoms with Crippen LogP contribution in [0.2, 0.25) is 0 Å². The van der Waals surface area contributed by atoms with Gasteiger partial charge in [0.15, 0.2) is 0 Å². The molecule has 0 radical (unpaired) electrons. The molecule has 98 valence electrons. The molecule has 2 aromatic rings. The number of para-hydroxylation sites is 1. The van der Waals surface area contributed by atoms with E-state index in [-0.39, 0.29) is 17.9 Å². The molecule has 0 fully saturated rings. The molecule has 19 heavy (non-hydrogen) atoms. The largest absolute Gasteiger partial charge is 0.352 e. The van der Waals surface area contributed by atoms with E-state index >= 15 is 0 Å². The van der Waals surface area contributed by atoms with Gasteiger partial charge in [-0.05, 0) is 24.6 Å². The normalized spacial score (nSPS) is 14.6. The zero-order valence-electron chi connectivity index (χ0n) is 10.3. The Kier molecular flexibility index (Phi) is 2.71. The molecule has 1 aliphatic heterocycles. The van der Waals surface area contributed by atoms with E-state index in [9.17, 15) is 9.59 Å². The average Bonchev–Trinajstić information content (AvgIpc) is 2.64. The van der Waals surface area contributed by atoms with Crippen LogP contribution in [0.5, 0.6) is 0 Å². The molecule has 0 amide bonds. The highest BCUT2D eigenvalue weighted by molar-refractivity contribution is 6.29. The molecule has 0 unspecified atom stereocenters. The van der Waals surface area contributed by atoms with Gasteiger partial charge in [-0.15, -0.1) is 0 Å². The number of hydrogen-bond donors (Lipinski definition) is 0. The van der Waals surface area contributed by atoms with Crippen LogP contribution in [0.15, 0.2) is 50.5 Å². The number of aromatic nitrogens is 3. The fraction of sp³-hybridized carbons (Fsp3) is 0.231. The summed E-state index contributed by atoms with van der Waals surface area (Å²) in [6.45, 7) is 2.47. The van der Waals surface area contributed by atoms with Gasteiger partial charge in [0.25, 0.3) is 0 Å². The van der Waals surface area contributed by atoms with E-state index in [2.05, 4.69) is 0 Å². The molecule has 2 heterocycles. The van der Waals surface area contributed by atoms with E-state index in [0.717, 1.165) is 5.57 Å². The van der Waals surface area contributed by atoms with E-state index in [1.165, 1.54) is 13.9 Å². The maximum Gasteiger partial charge on any atom is 0.352 e. The molecular formula is C13H12ClN3O2. The average molecular weight is 278 g/mol. The van der Waals surface area contributed by atoms with Crippen molar-refractivity contribution in [3.8, 4) is 5.69 Å². The molecule has 1 aliphatic rings. The molecule has 1 aromatic heterocycles. The van der Waals surface area contributed by atoms with Crippen LogP contribution in [0.4, 0.5) is 0 Å². The fourth-order valence-corrected chi connectivity index (χ4v) is 2.37. The molecule has 0 aliphatic carbocycles. The van der Waals surface area contributed by atoms with Crippen LogP contribution >= 0.6 is 11.6 Å². The second-order valence-corrected chi connectivity index (χ2v) is 4.99. The third-order valence-electron chi connectivity index (χ3n) is 3.27. The quantitative estimate of drug-likeness (QED) is 0.789. The molecule has 0 bridgehead atoms. The summed E-state index contributed by atoms with van der Waals surface area (Å²) in [4.78, 5) is 24.6. The lowest BCUT2D eigenvalue weighted by atomic mass is 10.2. The number of nitrogens with zero attached hydrogens (tertiary/aromatic N) is 3. The monoisotopic (exact) mass is 277 g/mol. The van der Waals surface area contributed by atoms with Crippen LogP contribution < -0.4 is 11.4 Å². The van der Waals surface area contributed by atoms with Crippen molar-refractivity contribution < 1.29 is 0 Å². The summed E-state index contributed by atoms with van der Waals surface area (Å²) in [7, 11) is 0. The number of halogens is 1. The van der Waals surface area contributed by atoms with Gasteiger partial charge in [0.1, 0.15) is 0 Å². The SMILES string of the molecule is CC1=C(Cl)Cn2c(=O)n(-c3ccccc3)c(=O)n2C1. The van der Waals surface area contributed by atoms with Crippen molar-refractivity contribution in [1.29, 1.82) is 0 Å². The second kappa shape index (κ2) is 4.28. The summed E-state index contributed by atoms with van der Waals surface area (Å²) in [5.41, 5.74) is 0.788. The van der Waals surface area contributed by atoms with Crippen molar-refractivity contribution in [1.82, 2.24) is 13.9 Å². The molecule has 5 nitrogen and oxygen atoms in total.